The Morgan fingerprint density at radius 2 is 1.77 bits per heavy atom. The van der Waals surface area contributed by atoms with E-state index in [1.165, 1.54) is 24.3 Å². The van der Waals surface area contributed by atoms with Crippen molar-refractivity contribution in [1.82, 2.24) is 5.32 Å². The van der Waals surface area contributed by atoms with Crippen LogP contribution < -0.4 is 49.5 Å². The number of halogens is 4. The third-order valence-electron chi connectivity index (χ3n) is 7.19. The molecule has 0 radical (unpaired) electrons. The van der Waals surface area contributed by atoms with Gasteiger partial charge in [0.2, 0.25) is 0 Å². The number of benzene rings is 3. The first-order valence-electron chi connectivity index (χ1n) is 12.5. The molecule has 0 bridgehead atoms. The second kappa shape index (κ2) is 12.4. The van der Waals surface area contributed by atoms with Crippen LogP contribution in [-0.2, 0) is 11.0 Å². The van der Waals surface area contributed by atoms with Gasteiger partial charge in [0.05, 0.1) is 17.2 Å². The summed E-state index contributed by atoms with van der Waals surface area (Å²) in [5.74, 6) is -1.29. The van der Waals surface area contributed by atoms with Gasteiger partial charge in [0, 0.05) is 35.1 Å². The van der Waals surface area contributed by atoms with Crippen LogP contribution in [0.2, 0.25) is 5.02 Å². The third-order valence-corrected chi connectivity index (χ3v) is 7.48. The largest absolute Gasteiger partial charge is 1.00 e. The normalized spacial score (nSPS) is 20.1. The minimum Gasteiger partial charge on any atom is -0.549 e. The monoisotopic (exact) mass is 581 g/mol. The van der Waals surface area contributed by atoms with Crippen molar-refractivity contribution >= 4 is 23.5 Å². The molecule has 6 nitrogen and oxygen atoms in total. The fourth-order valence-corrected chi connectivity index (χ4v) is 5.38. The van der Waals surface area contributed by atoms with Crippen LogP contribution in [0.4, 0.5) is 13.2 Å². The molecule has 5 rings (SSSR count). The van der Waals surface area contributed by atoms with Crippen LogP contribution in [0, 0.1) is 0 Å². The van der Waals surface area contributed by atoms with Gasteiger partial charge in [-0.1, -0.05) is 29.8 Å². The maximum Gasteiger partial charge on any atom is 1.00 e. The van der Waals surface area contributed by atoms with Crippen molar-refractivity contribution in [2.45, 2.75) is 49.7 Å². The maximum atomic E-state index is 13.1. The SMILES string of the molecule is O=C(NC1CCC(c2cccc(C(F)(F)F)c2)C1)c1ccc(Oc2cc3c(cc2Cl)C(C(=O)[O-])CCO3)cc1.[Na+]. The topological polar surface area (TPSA) is 87.7 Å². The second-order valence-electron chi connectivity index (χ2n) is 9.76. The van der Waals surface area contributed by atoms with Crippen molar-refractivity contribution in [1.29, 1.82) is 0 Å². The number of fused-ring (bicyclic) bond motifs is 1. The quantitative estimate of drug-likeness (QED) is 0.453. The summed E-state index contributed by atoms with van der Waals surface area (Å²) in [7, 11) is 0. The van der Waals surface area contributed by atoms with E-state index in [1.54, 1.807) is 30.3 Å². The molecule has 1 fully saturated rings. The van der Waals surface area contributed by atoms with Crippen molar-refractivity contribution in [2.75, 3.05) is 6.61 Å². The first kappa shape index (κ1) is 30.2. The first-order chi connectivity index (χ1) is 18.6. The summed E-state index contributed by atoms with van der Waals surface area (Å²) < 4.78 is 50.6. The summed E-state index contributed by atoms with van der Waals surface area (Å²) in [4.78, 5) is 24.2. The molecule has 3 aromatic carbocycles. The number of rotatable bonds is 6. The average molecular weight is 582 g/mol. The number of hydrogen-bond donors (Lipinski definition) is 1. The molecule has 11 heteroatoms. The molecule has 3 atom stereocenters. The van der Waals surface area contributed by atoms with Crippen molar-refractivity contribution in [3.8, 4) is 17.2 Å². The number of hydrogen-bond acceptors (Lipinski definition) is 5. The first-order valence-corrected chi connectivity index (χ1v) is 12.9. The van der Waals surface area contributed by atoms with Gasteiger partial charge in [-0.2, -0.15) is 13.2 Å². The van der Waals surface area contributed by atoms with Gasteiger partial charge in [0.1, 0.15) is 17.2 Å². The number of carboxylic acid groups (broad SMARTS) is 1. The van der Waals surface area contributed by atoms with Crippen LogP contribution in [-0.4, -0.2) is 24.5 Å². The summed E-state index contributed by atoms with van der Waals surface area (Å²) in [6, 6.07) is 14.7. The Morgan fingerprint density at radius 1 is 1.02 bits per heavy atom. The molecule has 0 spiro atoms. The summed E-state index contributed by atoms with van der Waals surface area (Å²) in [5.41, 5.74) is 0.805. The molecule has 1 N–H and O–H groups in total. The molecular formula is C29H24ClF3NNaO5. The number of alkyl halides is 3. The van der Waals surface area contributed by atoms with Crippen LogP contribution in [0.25, 0.3) is 0 Å². The molecule has 0 aromatic heterocycles. The Bertz CT molecular complexity index is 1400. The van der Waals surface area contributed by atoms with Gasteiger partial charge in [-0.05, 0) is 73.6 Å². The molecule has 1 saturated carbocycles. The minimum atomic E-state index is -4.39. The van der Waals surface area contributed by atoms with Crippen molar-refractivity contribution in [3.63, 3.8) is 0 Å². The van der Waals surface area contributed by atoms with E-state index in [0.717, 1.165) is 6.07 Å². The van der Waals surface area contributed by atoms with Crippen LogP contribution in [0.15, 0.2) is 60.7 Å². The predicted octanol–water partition coefficient (Wildman–Crippen LogP) is 2.84. The Kier molecular flexibility index (Phi) is 9.40. The number of carbonyl (C=O) groups is 2. The Balaban J connectivity index is 0.00000370. The van der Waals surface area contributed by atoms with Crippen LogP contribution in [0.3, 0.4) is 0 Å². The summed E-state index contributed by atoms with van der Waals surface area (Å²) >= 11 is 6.33. The molecule has 2 aliphatic rings. The molecule has 1 aliphatic heterocycles. The maximum absolute atomic E-state index is 13.1. The fourth-order valence-electron chi connectivity index (χ4n) is 5.17. The molecule has 1 heterocycles. The summed E-state index contributed by atoms with van der Waals surface area (Å²) in [6.45, 7) is 0.234. The van der Waals surface area contributed by atoms with E-state index in [0.29, 0.717) is 53.9 Å². The van der Waals surface area contributed by atoms with Gasteiger partial charge < -0.3 is 24.7 Å². The van der Waals surface area contributed by atoms with Crippen LogP contribution >= 0.6 is 11.6 Å². The van der Waals surface area contributed by atoms with E-state index in [9.17, 15) is 27.9 Å². The van der Waals surface area contributed by atoms with Crippen molar-refractivity contribution < 1.29 is 66.9 Å². The number of carboxylic acids is 1. The molecule has 1 amide bonds. The van der Waals surface area contributed by atoms with Crippen LogP contribution in [0.5, 0.6) is 17.2 Å². The van der Waals surface area contributed by atoms with E-state index in [2.05, 4.69) is 5.32 Å². The van der Waals surface area contributed by atoms with Crippen molar-refractivity contribution in [3.05, 3.63) is 87.9 Å². The number of nitrogens with one attached hydrogen (secondary N) is 1. The van der Waals surface area contributed by atoms with Gasteiger partial charge in [0.25, 0.3) is 5.91 Å². The van der Waals surface area contributed by atoms with Gasteiger partial charge >= 0.3 is 35.7 Å². The van der Waals surface area contributed by atoms with Gasteiger partial charge in [-0.15, -0.1) is 0 Å². The minimum absolute atomic E-state index is 0. The van der Waals surface area contributed by atoms with E-state index < -0.39 is 23.6 Å². The molecule has 40 heavy (non-hydrogen) atoms. The fraction of sp³-hybridized carbons (Fsp3) is 0.310. The average Bonchev–Trinajstić information content (AvgIpc) is 3.37. The molecule has 1 aliphatic carbocycles. The predicted molar refractivity (Wildman–Crippen MR) is 135 cm³/mol. The van der Waals surface area contributed by atoms with Gasteiger partial charge in [0.15, 0.2) is 0 Å². The number of carbonyl (C=O) groups excluding carboxylic acids is 2. The second-order valence-corrected chi connectivity index (χ2v) is 10.2. The van der Waals surface area contributed by atoms with E-state index in [4.69, 9.17) is 21.1 Å². The number of ether oxygens (including phenoxy) is 2. The van der Waals surface area contributed by atoms with E-state index >= 15 is 0 Å². The zero-order valence-electron chi connectivity index (χ0n) is 21.6. The van der Waals surface area contributed by atoms with E-state index in [1.807, 2.05) is 0 Å². The zero-order valence-corrected chi connectivity index (χ0v) is 24.4. The van der Waals surface area contributed by atoms with E-state index in [-0.39, 0.29) is 64.8 Å². The molecule has 204 valence electrons. The van der Waals surface area contributed by atoms with Crippen LogP contribution in [0.1, 0.15) is 64.6 Å². The molecular weight excluding hydrogens is 558 g/mol. The van der Waals surface area contributed by atoms with Crippen molar-refractivity contribution in [2.24, 2.45) is 0 Å². The van der Waals surface area contributed by atoms with Gasteiger partial charge in [-0.25, -0.2) is 0 Å². The smallest absolute Gasteiger partial charge is 0.549 e. The molecule has 3 aromatic rings. The number of amides is 1. The number of aliphatic carboxylic acids is 1. The standard InChI is InChI=1S/C29H25ClF3NO5.Na/c30-24-14-23-22(28(36)37)10-11-38-25(23)15-26(24)39-21-8-5-16(6-9-21)27(35)34-20-7-4-18(13-20)17-2-1-3-19(12-17)29(31,32)33;/h1-3,5-6,8-9,12,14-15,18,20,22H,4,7,10-11,13H2,(H,34,35)(H,36,37);/q;+1/p-1. The molecule has 3 unspecified atom stereocenters. The third kappa shape index (κ3) is 6.77. The Morgan fingerprint density at radius 3 is 2.48 bits per heavy atom. The molecule has 0 saturated heterocycles. The Labute approximate surface area is 256 Å². The zero-order chi connectivity index (χ0) is 27.7. The summed E-state index contributed by atoms with van der Waals surface area (Å²) in [6.07, 6.45) is -2.17. The Hall–Kier alpha value is -2.72. The van der Waals surface area contributed by atoms with Gasteiger partial charge in [-0.3, -0.25) is 4.79 Å². The summed E-state index contributed by atoms with van der Waals surface area (Å²) in [5, 5.41) is 14.6.